The number of rotatable bonds is 7. The summed E-state index contributed by atoms with van der Waals surface area (Å²) in [4.78, 5) is 2.39. The lowest BCUT2D eigenvalue weighted by Gasteiger charge is -2.17. The van der Waals surface area contributed by atoms with Crippen LogP contribution in [0.25, 0.3) is 11.5 Å². The average molecular weight is 406 g/mol. The van der Waals surface area contributed by atoms with Crippen molar-refractivity contribution in [2.24, 2.45) is 0 Å². The van der Waals surface area contributed by atoms with Gasteiger partial charge in [-0.15, -0.1) is 5.10 Å². The van der Waals surface area contributed by atoms with Crippen LogP contribution in [0.4, 0.5) is 0 Å². The quantitative estimate of drug-likeness (QED) is 0.534. The summed E-state index contributed by atoms with van der Waals surface area (Å²) in [6.45, 7) is 1.18. The second-order valence-corrected chi connectivity index (χ2v) is 6.81. The Bertz CT molecular complexity index is 969. The highest BCUT2D eigenvalue weighted by atomic mass is 35.5. The van der Waals surface area contributed by atoms with Gasteiger partial charge in [0.2, 0.25) is 5.89 Å². The molecule has 0 saturated heterocycles. The second kappa shape index (κ2) is 8.56. The standard InChI is InChI=1S/C19H20ClN3O3S/c1-22(11-13-4-9-16(24-2)17(10-13)25-3)12-23-19(27)26-18(21-23)14-5-7-15(20)8-6-14/h4-10H,11-12H2,1-3H3. The van der Waals surface area contributed by atoms with E-state index in [2.05, 4.69) is 10.00 Å². The van der Waals surface area contributed by atoms with Crippen molar-refractivity contribution < 1.29 is 13.9 Å². The summed E-state index contributed by atoms with van der Waals surface area (Å²) < 4.78 is 17.9. The molecule has 0 fully saturated rings. The molecule has 0 bridgehead atoms. The Morgan fingerprint density at radius 1 is 1.11 bits per heavy atom. The first-order chi connectivity index (χ1) is 13.0. The number of nitrogens with zero attached hydrogens (tertiary/aromatic N) is 3. The average Bonchev–Trinajstić information content (AvgIpc) is 3.02. The van der Waals surface area contributed by atoms with E-state index in [1.54, 1.807) is 31.0 Å². The van der Waals surface area contributed by atoms with Crippen LogP contribution in [0, 0.1) is 4.84 Å². The Morgan fingerprint density at radius 3 is 2.48 bits per heavy atom. The minimum Gasteiger partial charge on any atom is -0.493 e. The molecule has 2 aromatic carbocycles. The van der Waals surface area contributed by atoms with Gasteiger partial charge in [0.05, 0.1) is 20.9 Å². The molecular weight excluding hydrogens is 386 g/mol. The van der Waals surface area contributed by atoms with Gasteiger partial charge in [0.25, 0.3) is 4.84 Å². The van der Waals surface area contributed by atoms with E-state index >= 15 is 0 Å². The third kappa shape index (κ3) is 4.68. The van der Waals surface area contributed by atoms with Crippen LogP contribution in [0.15, 0.2) is 46.9 Å². The first kappa shape index (κ1) is 19.4. The van der Waals surface area contributed by atoms with Gasteiger partial charge in [0.1, 0.15) is 0 Å². The Kier molecular flexibility index (Phi) is 6.15. The fourth-order valence-electron chi connectivity index (χ4n) is 2.67. The molecule has 0 atom stereocenters. The van der Waals surface area contributed by atoms with E-state index in [1.807, 2.05) is 37.4 Å². The maximum absolute atomic E-state index is 5.92. The molecule has 142 valence electrons. The maximum atomic E-state index is 5.92. The van der Waals surface area contributed by atoms with Gasteiger partial charge < -0.3 is 13.9 Å². The lowest BCUT2D eigenvalue weighted by atomic mass is 10.2. The van der Waals surface area contributed by atoms with E-state index in [9.17, 15) is 0 Å². The van der Waals surface area contributed by atoms with E-state index in [4.69, 9.17) is 37.7 Å². The molecule has 27 heavy (non-hydrogen) atoms. The highest BCUT2D eigenvalue weighted by Crippen LogP contribution is 2.28. The van der Waals surface area contributed by atoms with Gasteiger partial charge in [0.15, 0.2) is 11.5 Å². The number of halogens is 1. The highest BCUT2D eigenvalue weighted by Gasteiger charge is 2.11. The van der Waals surface area contributed by atoms with Crippen molar-refractivity contribution in [3.8, 4) is 23.0 Å². The molecule has 0 unspecified atom stereocenters. The van der Waals surface area contributed by atoms with Crippen molar-refractivity contribution in [2.45, 2.75) is 13.2 Å². The van der Waals surface area contributed by atoms with Crippen LogP contribution < -0.4 is 9.47 Å². The van der Waals surface area contributed by atoms with Gasteiger partial charge in [-0.2, -0.15) is 0 Å². The molecule has 0 N–H and O–H groups in total. The first-order valence-electron chi connectivity index (χ1n) is 8.23. The molecule has 1 heterocycles. The summed E-state index contributed by atoms with van der Waals surface area (Å²) in [5.74, 6) is 1.87. The van der Waals surface area contributed by atoms with Gasteiger partial charge in [-0.3, -0.25) is 4.90 Å². The Morgan fingerprint density at radius 2 is 1.81 bits per heavy atom. The molecule has 3 aromatic rings. The summed E-state index contributed by atoms with van der Waals surface area (Å²) in [6, 6.07) is 13.1. The molecule has 0 aliphatic carbocycles. The third-order valence-corrected chi connectivity index (χ3v) is 4.52. The first-order valence-corrected chi connectivity index (χ1v) is 9.02. The van der Waals surface area contributed by atoms with Crippen molar-refractivity contribution >= 4 is 23.8 Å². The molecule has 8 heteroatoms. The summed E-state index contributed by atoms with van der Waals surface area (Å²) in [7, 11) is 5.22. The zero-order chi connectivity index (χ0) is 19.4. The van der Waals surface area contributed by atoms with E-state index in [-0.39, 0.29) is 0 Å². The van der Waals surface area contributed by atoms with Crippen LogP contribution in [-0.4, -0.2) is 35.9 Å². The molecular formula is C19H20ClN3O3S. The maximum Gasteiger partial charge on any atom is 0.288 e. The Labute approximate surface area is 167 Å². The summed E-state index contributed by atoms with van der Waals surface area (Å²) in [6.07, 6.45) is 0. The molecule has 0 radical (unpaired) electrons. The highest BCUT2D eigenvalue weighted by molar-refractivity contribution is 7.71. The lowest BCUT2D eigenvalue weighted by molar-refractivity contribution is 0.240. The van der Waals surface area contributed by atoms with Crippen LogP contribution in [0.2, 0.25) is 5.02 Å². The summed E-state index contributed by atoms with van der Waals surface area (Å²) in [5.41, 5.74) is 1.91. The zero-order valence-electron chi connectivity index (χ0n) is 15.3. The van der Waals surface area contributed by atoms with Gasteiger partial charge in [-0.05, 0) is 61.2 Å². The van der Waals surface area contributed by atoms with Crippen molar-refractivity contribution in [1.29, 1.82) is 0 Å². The number of hydrogen-bond donors (Lipinski definition) is 0. The van der Waals surface area contributed by atoms with Crippen LogP contribution >= 0.6 is 23.8 Å². The topological polar surface area (TPSA) is 52.7 Å². The number of ether oxygens (including phenoxy) is 2. The molecule has 6 nitrogen and oxygen atoms in total. The monoisotopic (exact) mass is 405 g/mol. The molecule has 0 spiro atoms. The third-order valence-electron chi connectivity index (χ3n) is 3.97. The predicted octanol–water partition coefficient (Wildman–Crippen LogP) is 4.63. The van der Waals surface area contributed by atoms with Crippen LogP contribution in [0.5, 0.6) is 11.5 Å². The fourth-order valence-corrected chi connectivity index (χ4v) is 2.98. The normalized spacial score (nSPS) is 11.0. The predicted molar refractivity (Wildman–Crippen MR) is 107 cm³/mol. The zero-order valence-corrected chi connectivity index (χ0v) is 16.9. The molecule has 0 saturated carbocycles. The van der Waals surface area contributed by atoms with Gasteiger partial charge in [0, 0.05) is 17.1 Å². The van der Waals surface area contributed by atoms with E-state index in [0.717, 1.165) is 11.1 Å². The molecule has 0 aliphatic rings. The van der Waals surface area contributed by atoms with Crippen molar-refractivity contribution in [2.75, 3.05) is 21.3 Å². The van der Waals surface area contributed by atoms with Crippen LogP contribution in [-0.2, 0) is 13.2 Å². The summed E-state index contributed by atoms with van der Waals surface area (Å²) in [5, 5.41) is 5.13. The van der Waals surface area contributed by atoms with Crippen molar-refractivity contribution in [3.05, 3.63) is 57.9 Å². The number of benzene rings is 2. The smallest absolute Gasteiger partial charge is 0.288 e. The number of methoxy groups -OCH3 is 2. The van der Waals surface area contributed by atoms with Crippen molar-refractivity contribution in [3.63, 3.8) is 0 Å². The lowest BCUT2D eigenvalue weighted by Crippen LogP contribution is -2.22. The molecule has 3 rings (SSSR count). The van der Waals surface area contributed by atoms with E-state index in [0.29, 0.717) is 40.5 Å². The minimum absolute atomic E-state index is 0.319. The number of aromatic nitrogens is 2. The van der Waals surface area contributed by atoms with Crippen LogP contribution in [0.1, 0.15) is 5.56 Å². The summed E-state index contributed by atoms with van der Waals surface area (Å²) >= 11 is 11.2. The van der Waals surface area contributed by atoms with Gasteiger partial charge in [-0.25, -0.2) is 4.68 Å². The van der Waals surface area contributed by atoms with Crippen molar-refractivity contribution in [1.82, 2.24) is 14.7 Å². The molecule has 0 amide bonds. The minimum atomic E-state index is 0.319. The fraction of sp³-hybridized carbons (Fsp3) is 0.263. The van der Waals surface area contributed by atoms with Crippen LogP contribution in [0.3, 0.4) is 0 Å². The van der Waals surface area contributed by atoms with E-state index < -0.39 is 0 Å². The molecule has 0 aliphatic heterocycles. The number of hydrogen-bond acceptors (Lipinski definition) is 6. The van der Waals surface area contributed by atoms with Gasteiger partial charge >= 0.3 is 0 Å². The van der Waals surface area contributed by atoms with E-state index in [1.165, 1.54) is 0 Å². The second-order valence-electron chi connectivity index (χ2n) is 6.02. The largest absolute Gasteiger partial charge is 0.493 e. The van der Waals surface area contributed by atoms with Gasteiger partial charge in [-0.1, -0.05) is 17.7 Å². The SMILES string of the molecule is COc1ccc(CN(C)Cn2nc(-c3ccc(Cl)cc3)oc2=S)cc1OC. The molecule has 1 aromatic heterocycles. The Balaban J connectivity index is 1.72. The Hall–Kier alpha value is -2.35.